The lowest BCUT2D eigenvalue weighted by Gasteiger charge is -2.19. The fourth-order valence-electron chi connectivity index (χ4n) is 5.68. The van der Waals surface area contributed by atoms with Crippen LogP contribution in [0.3, 0.4) is 0 Å². The Kier molecular flexibility index (Phi) is 39.2. The second-order valence-corrected chi connectivity index (χ2v) is 15.4. The fraction of sp³-hybridized carbons (Fsp3) is 0.791. The number of allylic oxidation sites excluding steroid dienone is 7. The summed E-state index contributed by atoms with van der Waals surface area (Å²) in [7, 11) is -4.30. The number of carbonyl (C=O) groups is 1. The molecule has 0 saturated heterocycles. The highest BCUT2D eigenvalue weighted by molar-refractivity contribution is 7.47. The molecular formula is C43H80NO7P. The van der Waals surface area contributed by atoms with E-state index >= 15 is 0 Å². The van der Waals surface area contributed by atoms with Gasteiger partial charge >= 0.3 is 13.8 Å². The van der Waals surface area contributed by atoms with Crippen molar-refractivity contribution in [3.63, 3.8) is 0 Å². The summed E-state index contributed by atoms with van der Waals surface area (Å²) < 4.78 is 33.1. The van der Waals surface area contributed by atoms with Crippen molar-refractivity contribution in [3.8, 4) is 0 Å². The number of nitrogens with two attached hydrogens (primary N) is 1. The molecule has 0 aromatic rings. The van der Waals surface area contributed by atoms with Gasteiger partial charge in [0.1, 0.15) is 6.61 Å². The van der Waals surface area contributed by atoms with Gasteiger partial charge in [0.05, 0.1) is 19.5 Å². The van der Waals surface area contributed by atoms with Crippen LogP contribution in [0, 0.1) is 0 Å². The van der Waals surface area contributed by atoms with Crippen molar-refractivity contribution < 1.29 is 32.8 Å². The highest BCUT2D eigenvalue weighted by Crippen LogP contribution is 2.43. The lowest BCUT2D eigenvalue weighted by Crippen LogP contribution is -2.27. The van der Waals surface area contributed by atoms with Gasteiger partial charge in [-0.1, -0.05) is 166 Å². The smallest absolute Gasteiger partial charge is 0.472 e. The van der Waals surface area contributed by atoms with Gasteiger partial charge < -0.3 is 20.1 Å². The molecule has 2 atom stereocenters. The lowest BCUT2D eigenvalue weighted by atomic mass is 10.0. The van der Waals surface area contributed by atoms with Crippen LogP contribution >= 0.6 is 7.82 Å². The van der Waals surface area contributed by atoms with Crippen LogP contribution in [0.4, 0.5) is 0 Å². The summed E-state index contributed by atoms with van der Waals surface area (Å²) in [5.41, 5.74) is 5.35. The van der Waals surface area contributed by atoms with Crippen LogP contribution in [0.2, 0.25) is 0 Å². The van der Waals surface area contributed by atoms with Gasteiger partial charge in [-0.15, -0.1) is 0 Å². The summed E-state index contributed by atoms with van der Waals surface area (Å²) >= 11 is 0. The van der Waals surface area contributed by atoms with Crippen LogP contribution < -0.4 is 5.73 Å². The van der Waals surface area contributed by atoms with Gasteiger partial charge in [-0.3, -0.25) is 13.8 Å². The number of phosphoric ester groups is 1. The van der Waals surface area contributed by atoms with Crippen molar-refractivity contribution in [1.82, 2.24) is 0 Å². The molecule has 0 aromatic carbocycles. The lowest BCUT2D eigenvalue weighted by molar-refractivity contribution is -0.153. The van der Waals surface area contributed by atoms with Crippen molar-refractivity contribution >= 4 is 13.8 Å². The van der Waals surface area contributed by atoms with Crippen LogP contribution in [-0.4, -0.2) is 43.3 Å². The first-order chi connectivity index (χ1) is 25.4. The van der Waals surface area contributed by atoms with E-state index in [4.69, 9.17) is 24.3 Å². The summed E-state index contributed by atoms with van der Waals surface area (Å²) in [6, 6.07) is 0. The van der Waals surface area contributed by atoms with E-state index in [1.54, 1.807) is 6.26 Å². The zero-order valence-corrected chi connectivity index (χ0v) is 34.4. The van der Waals surface area contributed by atoms with Crippen molar-refractivity contribution in [2.75, 3.05) is 26.4 Å². The summed E-state index contributed by atoms with van der Waals surface area (Å²) in [5, 5.41) is 0. The second kappa shape index (κ2) is 40.5. The van der Waals surface area contributed by atoms with Gasteiger partial charge in [0.25, 0.3) is 0 Å². The van der Waals surface area contributed by atoms with Crippen LogP contribution in [0.1, 0.15) is 187 Å². The van der Waals surface area contributed by atoms with Crippen LogP contribution in [0.25, 0.3) is 0 Å². The number of carbonyl (C=O) groups excluding carboxylic acids is 1. The van der Waals surface area contributed by atoms with E-state index in [9.17, 15) is 14.3 Å². The normalized spacial score (nSPS) is 13.9. The minimum atomic E-state index is -4.30. The monoisotopic (exact) mass is 754 g/mol. The van der Waals surface area contributed by atoms with Gasteiger partial charge in [-0.05, 0) is 57.4 Å². The van der Waals surface area contributed by atoms with Crippen molar-refractivity contribution in [2.45, 2.75) is 193 Å². The van der Waals surface area contributed by atoms with Gasteiger partial charge in [0.15, 0.2) is 6.10 Å². The molecule has 1 unspecified atom stereocenters. The SMILES string of the molecule is CCCCCCCCC=CCC=CCC=CCCCC(=O)O[C@H](COC=CCCCCCCCCCCCCCCCC)COP(=O)(O)OCCN. The Balaban J connectivity index is 4.18. The van der Waals surface area contributed by atoms with E-state index in [0.717, 1.165) is 32.1 Å². The molecule has 0 fully saturated rings. The molecule has 0 saturated carbocycles. The molecule has 0 heterocycles. The molecule has 3 N–H and O–H groups in total. The van der Waals surface area contributed by atoms with Crippen molar-refractivity contribution in [3.05, 3.63) is 48.8 Å². The van der Waals surface area contributed by atoms with Crippen LogP contribution in [-0.2, 0) is 27.9 Å². The van der Waals surface area contributed by atoms with Crippen molar-refractivity contribution in [2.24, 2.45) is 5.73 Å². The van der Waals surface area contributed by atoms with Gasteiger partial charge in [0.2, 0.25) is 0 Å². The molecule has 304 valence electrons. The molecule has 0 radical (unpaired) electrons. The first-order valence-electron chi connectivity index (χ1n) is 21.2. The second-order valence-electron chi connectivity index (χ2n) is 13.9. The third kappa shape index (κ3) is 39.5. The molecule has 9 heteroatoms. The number of rotatable bonds is 40. The molecular weight excluding hydrogens is 673 g/mol. The quantitative estimate of drug-likeness (QED) is 0.0209. The Morgan fingerprint density at radius 3 is 1.54 bits per heavy atom. The largest absolute Gasteiger partial charge is 0.498 e. The summed E-state index contributed by atoms with van der Waals surface area (Å²) in [4.78, 5) is 22.4. The number of hydrogen-bond donors (Lipinski definition) is 2. The Bertz CT molecular complexity index is 936. The molecule has 0 spiro atoms. The van der Waals surface area contributed by atoms with Crippen molar-refractivity contribution in [1.29, 1.82) is 0 Å². The minimum Gasteiger partial charge on any atom is -0.498 e. The third-order valence-electron chi connectivity index (χ3n) is 8.81. The summed E-state index contributed by atoms with van der Waals surface area (Å²) in [5.74, 6) is -0.403. The van der Waals surface area contributed by atoms with E-state index < -0.39 is 19.9 Å². The third-order valence-corrected chi connectivity index (χ3v) is 9.80. The van der Waals surface area contributed by atoms with Gasteiger partial charge in [0, 0.05) is 13.0 Å². The Morgan fingerprint density at radius 1 is 0.596 bits per heavy atom. The average Bonchev–Trinajstić information content (AvgIpc) is 3.13. The molecule has 0 aliphatic rings. The van der Waals surface area contributed by atoms with E-state index in [1.165, 1.54) is 128 Å². The zero-order valence-electron chi connectivity index (χ0n) is 33.5. The molecule has 8 nitrogen and oxygen atoms in total. The number of hydrogen-bond acceptors (Lipinski definition) is 7. The molecule has 0 amide bonds. The topological polar surface area (TPSA) is 117 Å². The number of phosphoric acid groups is 1. The molecule has 52 heavy (non-hydrogen) atoms. The van der Waals surface area contributed by atoms with Crippen LogP contribution in [0.5, 0.6) is 0 Å². The van der Waals surface area contributed by atoms with E-state index in [-0.39, 0.29) is 32.8 Å². The van der Waals surface area contributed by atoms with Gasteiger partial charge in [-0.25, -0.2) is 4.57 Å². The number of ether oxygens (including phenoxy) is 2. The maximum absolute atomic E-state index is 12.5. The molecule has 0 aromatic heterocycles. The summed E-state index contributed by atoms with van der Waals surface area (Å²) in [6.07, 6.45) is 48.0. The molecule has 0 aliphatic carbocycles. The van der Waals surface area contributed by atoms with E-state index in [1.807, 2.05) is 6.08 Å². The summed E-state index contributed by atoms with van der Waals surface area (Å²) in [6.45, 7) is 4.18. The highest BCUT2D eigenvalue weighted by atomic mass is 31.2. The first kappa shape index (κ1) is 50.3. The predicted molar refractivity (Wildman–Crippen MR) is 219 cm³/mol. The fourth-order valence-corrected chi connectivity index (χ4v) is 6.45. The first-order valence-corrected chi connectivity index (χ1v) is 22.7. The number of unbranched alkanes of at least 4 members (excludes halogenated alkanes) is 21. The Hall–Kier alpha value is -1.70. The minimum absolute atomic E-state index is 0.0122. The van der Waals surface area contributed by atoms with Gasteiger partial charge in [-0.2, -0.15) is 0 Å². The molecule has 0 rings (SSSR count). The predicted octanol–water partition coefficient (Wildman–Crippen LogP) is 12.8. The maximum Gasteiger partial charge on any atom is 0.472 e. The van der Waals surface area contributed by atoms with E-state index in [2.05, 4.69) is 50.3 Å². The van der Waals surface area contributed by atoms with Crippen LogP contribution in [0.15, 0.2) is 48.8 Å². The Morgan fingerprint density at radius 2 is 1.04 bits per heavy atom. The average molecular weight is 754 g/mol. The molecule has 0 aliphatic heterocycles. The molecule has 0 bridgehead atoms. The highest BCUT2D eigenvalue weighted by Gasteiger charge is 2.25. The zero-order chi connectivity index (χ0) is 38.1. The Labute approximate surface area is 320 Å². The van der Waals surface area contributed by atoms with E-state index in [0.29, 0.717) is 6.42 Å². The number of esters is 1. The standard InChI is InChI=1S/C43H80NO7P/c1-3-5-7-9-11-13-15-17-19-21-22-24-26-28-30-32-34-36-43(45)51-42(41-50-52(46,47)49-39-37-44)40-48-38-35-33-31-29-27-25-23-20-18-16-14-12-10-8-6-4-2/h17,19,22,24,28,30,35,38,42H,3-16,18,20-21,23,25-27,29,31-34,36-37,39-41,44H2,1-2H3,(H,46,47)/t42-/m1/s1. The maximum atomic E-state index is 12.5.